The van der Waals surface area contributed by atoms with Gasteiger partial charge in [0, 0.05) is 18.8 Å². The Morgan fingerprint density at radius 3 is 2.70 bits per heavy atom. The van der Waals surface area contributed by atoms with Crippen LogP contribution in [0.15, 0.2) is 66.7 Å². The van der Waals surface area contributed by atoms with Crippen LogP contribution in [0.25, 0.3) is 11.1 Å². The first kappa shape index (κ1) is 29.6. The molecule has 7 nitrogen and oxygen atoms in total. The summed E-state index contributed by atoms with van der Waals surface area (Å²) in [5.41, 5.74) is 5.30. The molecule has 0 unspecified atom stereocenters. The first-order valence-electron chi connectivity index (χ1n) is 14.2. The SMILES string of the molecule is Cl.O=C(O)C[C@H](NC(=O)[C@@H]1CCCN(CCCc2ccc3c(n2)NCCC3)C1)c1cccc(-c2ccccc2)c1. The summed E-state index contributed by atoms with van der Waals surface area (Å²) in [6.07, 6.45) is 5.81. The van der Waals surface area contributed by atoms with Crippen LogP contribution in [0.2, 0.25) is 0 Å². The van der Waals surface area contributed by atoms with Gasteiger partial charge in [0.1, 0.15) is 5.82 Å². The molecule has 1 saturated heterocycles. The van der Waals surface area contributed by atoms with E-state index in [1.807, 2.05) is 54.6 Å². The number of nitrogens with one attached hydrogen (secondary N) is 2. The van der Waals surface area contributed by atoms with E-state index in [4.69, 9.17) is 4.98 Å². The number of amides is 1. The summed E-state index contributed by atoms with van der Waals surface area (Å²) in [4.78, 5) is 32.2. The number of carboxylic acid groups (broad SMARTS) is 1. The lowest BCUT2D eigenvalue weighted by atomic mass is 9.94. The van der Waals surface area contributed by atoms with Gasteiger partial charge in [-0.15, -0.1) is 12.4 Å². The third-order valence-corrected chi connectivity index (χ3v) is 7.83. The number of likely N-dealkylation sites (tertiary alicyclic amines) is 1. The number of benzene rings is 2. The number of carbonyl (C=O) groups is 2. The first-order valence-corrected chi connectivity index (χ1v) is 14.2. The fourth-order valence-electron chi connectivity index (χ4n) is 5.75. The van der Waals surface area contributed by atoms with Gasteiger partial charge in [0.2, 0.25) is 5.91 Å². The van der Waals surface area contributed by atoms with Crippen LogP contribution in [0.1, 0.15) is 55.0 Å². The van der Waals surface area contributed by atoms with Crippen molar-refractivity contribution in [3.05, 3.63) is 83.6 Å². The van der Waals surface area contributed by atoms with Crippen molar-refractivity contribution in [3.63, 3.8) is 0 Å². The molecule has 2 atom stereocenters. The lowest BCUT2D eigenvalue weighted by molar-refractivity contribution is -0.138. The fraction of sp³-hybridized carbons (Fsp3) is 0.406. The molecule has 8 heteroatoms. The molecule has 0 radical (unpaired) electrons. The predicted molar refractivity (Wildman–Crippen MR) is 161 cm³/mol. The Labute approximate surface area is 242 Å². The predicted octanol–water partition coefficient (Wildman–Crippen LogP) is 5.51. The van der Waals surface area contributed by atoms with Crippen molar-refractivity contribution in [1.82, 2.24) is 15.2 Å². The van der Waals surface area contributed by atoms with E-state index in [0.29, 0.717) is 6.54 Å². The number of anilines is 1. The van der Waals surface area contributed by atoms with Crippen LogP contribution in [-0.4, -0.2) is 53.0 Å². The maximum atomic E-state index is 13.3. The summed E-state index contributed by atoms with van der Waals surface area (Å²) in [5, 5.41) is 16.1. The highest BCUT2D eigenvalue weighted by atomic mass is 35.5. The minimum atomic E-state index is -0.929. The van der Waals surface area contributed by atoms with E-state index in [1.54, 1.807) is 0 Å². The summed E-state index contributed by atoms with van der Waals surface area (Å²) >= 11 is 0. The van der Waals surface area contributed by atoms with Gasteiger partial charge in [-0.3, -0.25) is 9.59 Å². The lowest BCUT2D eigenvalue weighted by Gasteiger charge is -2.33. The quantitative estimate of drug-likeness (QED) is 0.302. The lowest BCUT2D eigenvalue weighted by Crippen LogP contribution is -2.44. The third-order valence-electron chi connectivity index (χ3n) is 7.83. The van der Waals surface area contributed by atoms with Gasteiger partial charge in [-0.25, -0.2) is 4.98 Å². The summed E-state index contributed by atoms with van der Waals surface area (Å²) in [6.45, 7) is 3.61. The van der Waals surface area contributed by atoms with E-state index in [9.17, 15) is 14.7 Å². The molecule has 3 aromatic rings. The molecule has 40 heavy (non-hydrogen) atoms. The van der Waals surface area contributed by atoms with E-state index < -0.39 is 12.0 Å². The highest BCUT2D eigenvalue weighted by Crippen LogP contribution is 2.26. The van der Waals surface area contributed by atoms with E-state index >= 15 is 0 Å². The number of halogens is 1. The second-order valence-electron chi connectivity index (χ2n) is 10.7. The van der Waals surface area contributed by atoms with Gasteiger partial charge < -0.3 is 20.6 Å². The summed E-state index contributed by atoms with van der Waals surface area (Å²) in [7, 11) is 0. The molecule has 2 aliphatic heterocycles. The molecule has 1 fully saturated rings. The Bertz CT molecular complexity index is 1290. The summed E-state index contributed by atoms with van der Waals surface area (Å²) in [6, 6.07) is 21.6. The van der Waals surface area contributed by atoms with Crippen molar-refractivity contribution >= 4 is 30.1 Å². The monoisotopic (exact) mass is 562 g/mol. The minimum absolute atomic E-state index is 0. The molecule has 1 amide bonds. The van der Waals surface area contributed by atoms with Gasteiger partial charge in [-0.1, -0.05) is 54.6 Å². The molecule has 3 N–H and O–H groups in total. The first-order chi connectivity index (χ1) is 19.0. The van der Waals surface area contributed by atoms with Crippen molar-refractivity contribution < 1.29 is 14.7 Å². The normalized spacial score (nSPS) is 17.6. The van der Waals surface area contributed by atoms with Crippen LogP contribution in [0, 0.1) is 5.92 Å². The van der Waals surface area contributed by atoms with E-state index in [0.717, 1.165) is 86.4 Å². The second kappa shape index (κ2) is 14.3. The van der Waals surface area contributed by atoms with Gasteiger partial charge >= 0.3 is 5.97 Å². The number of aromatic nitrogens is 1. The Hall–Kier alpha value is -3.42. The average Bonchev–Trinajstić information content (AvgIpc) is 2.97. The Kier molecular flexibility index (Phi) is 10.6. The minimum Gasteiger partial charge on any atom is -0.481 e. The number of carboxylic acids is 1. The highest BCUT2D eigenvalue weighted by Gasteiger charge is 2.28. The molecule has 5 rings (SSSR count). The van der Waals surface area contributed by atoms with E-state index in [2.05, 4.69) is 27.7 Å². The van der Waals surface area contributed by atoms with Crippen molar-refractivity contribution in [2.75, 3.05) is 31.5 Å². The zero-order valence-electron chi connectivity index (χ0n) is 22.9. The number of hydrogen-bond acceptors (Lipinski definition) is 5. The third kappa shape index (κ3) is 7.83. The standard InChI is InChI=1S/C32H38N4O3.ClH/c37-30(38)21-29(26-11-4-10-25(20-26)23-8-2-1-3-9-23)35-32(39)27-13-6-18-36(22-27)19-7-14-28-16-15-24-12-5-17-33-31(24)34-28;/h1-4,8-11,15-16,20,27,29H,5-7,12-14,17-19,21-22H2,(H,33,34)(H,35,39)(H,37,38);1H/t27-,29+;/m1./s1. The molecule has 1 aromatic heterocycles. The number of aliphatic carboxylic acids is 1. The Balaban J connectivity index is 0.00000370. The highest BCUT2D eigenvalue weighted by molar-refractivity contribution is 5.85. The number of hydrogen-bond donors (Lipinski definition) is 3. The molecule has 212 valence electrons. The van der Waals surface area contributed by atoms with Crippen molar-refractivity contribution in [2.45, 2.75) is 51.0 Å². The van der Waals surface area contributed by atoms with Gasteiger partial charge in [0.25, 0.3) is 0 Å². The Morgan fingerprint density at radius 2 is 1.88 bits per heavy atom. The smallest absolute Gasteiger partial charge is 0.305 e. The number of piperidine rings is 1. The maximum Gasteiger partial charge on any atom is 0.305 e. The molecule has 3 heterocycles. The van der Waals surface area contributed by atoms with Gasteiger partial charge in [0.15, 0.2) is 0 Å². The molecular formula is C32H39ClN4O3. The van der Waals surface area contributed by atoms with Crippen LogP contribution in [0.5, 0.6) is 0 Å². The fourth-order valence-corrected chi connectivity index (χ4v) is 5.75. The molecule has 0 spiro atoms. The van der Waals surface area contributed by atoms with Crippen molar-refractivity contribution in [1.29, 1.82) is 0 Å². The number of carbonyl (C=O) groups excluding carboxylic acids is 1. The second-order valence-corrected chi connectivity index (χ2v) is 10.7. The van der Waals surface area contributed by atoms with Crippen LogP contribution in [0.3, 0.4) is 0 Å². The maximum absolute atomic E-state index is 13.3. The molecule has 0 saturated carbocycles. The van der Waals surface area contributed by atoms with Gasteiger partial charge in [-0.2, -0.15) is 0 Å². The van der Waals surface area contributed by atoms with Crippen LogP contribution in [0.4, 0.5) is 5.82 Å². The number of fused-ring (bicyclic) bond motifs is 1. The zero-order valence-corrected chi connectivity index (χ0v) is 23.7. The van der Waals surface area contributed by atoms with Gasteiger partial charge in [-0.05, 0) is 86.0 Å². The van der Waals surface area contributed by atoms with E-state index in [-0.39, 0.29) is 30.7 Å². The molecule has 0 aliphatic carbocycles. The average molecular weight is 563 g/mol. The Morgan fingerprint density at radius 1 is 1.05 bits per heavy atom. The summed E-state index contributed by atoms with van der Waals surface area (Å²) < 4.78 is 0. The van der Waals surface area contributed by atoms with Crippen LogP contribution < -0.4 is 10.6 Å². The van der Waals surface area contributed by atoms with Crippen LogP contribution in [-0.2, 0) is 22.4 Å². The van der Waals surface area contributed by atoms with Crippen molar-refractivity contribution in [2.24, 2.45) is 5.92 Å². The van der Waals surface area contributed by atoms with Crippen molar-refractivity contribution in [3.8, 4) is 11.1 Å². The number of aryl methyl sites for hydroxylation is 2. The number of rotatable bonds is 10. The number of pyridine rings is 1. The molecular weight excluding hydrogens is 524 g/mol. The molecule has 2 aliphatic rings. The molecule has 0 bridgehead atoms. The zero-order chi connectivity index (χ0) is 27.0. The summed E-state index contributed by atoms with van der Waals surface area (Å²) in [5.74, 6) is -0.0859. The molecule has 2 aromatic carbocycles. The topological polar surface area (TPSA) is 94.6 Å². The van der Waals surface area contributed by atoms with Gasteiger partial charge in [0.05, 0.1) is 18.4 Å². The van der Waals surface area contributed by atoms with E-state index in [1.165, 1.54) is 5.56 Å². The number of nitrogens with zero attached hydrogens (tertiary/aromatic N) is 2. The largest absolute Gasteiger partial charge is 0.481 e. The van der Waals surface area contributed by atoms with Crippen LogP contribution >= 0.6 is 12.4 Å².